The minimum atomic E-state index is -1.79. The summed E-state index contributed by atoms with van der Waals surface area (Å²) < 4.78 is 0. The molecule has 1 atom stereocenters. The van der Waals surface area contributed by atoms with E-state index in [1.54, 1.807) is 12.4 Å². The number of pyridine rings is 2. The summed E-state index contributed by atoms with van der Waals surface area (Å²) in [5.74, 6) is -2.12. The Kier molecular flexibility index (Phi) is 7.96. The van der Waals surface area contributed by atoms with Gasteiger partial charge in [-0.2, -0.15) is 0 Å². The monoisotopic (exact) mass is 349 g/mol. The molecule has 4 N–H and O–H groups in total. The number of thiocarbonyl (C=S) groups is 1. The Morgan fingerprint density at radius 2 is 1.71 bits per heavy atom. The van der Waals surface area contributed by atoms with Gasteiger partial charge in [0.2, 0.25) is 0 Å². The first-order valence-electron chi connectivity index (χ1n) is 6.66. The van der Waals surface area contributed by atoms with Crippen molar-refractivity contribution in [3.8, 4) is 0 Å². The van der Waals surface area contributed by atoms with E-state index in [0.717, 1.165) is 11.5 Å². The van der Waals surface area contributed by atoms with Crippen LogP contribution in [0.3, 0.4) is 0 Å². The van der Waals surface area contributed by atoms with Crippen LogP contribution in [0.15, 0.2) is 48.8 Å². The highest BCUT2D eigenvalue weighted by atomic mass is 32.1. The molecular formula is C15H15N3O5S. The van der Waals surface area contributed by atoms with Gasteiger partial charge in [0.1, 0.15) is 10.8 Å². The highest BCUT2D eigenvalue weighted by molar-refractivity contribution is 7.81. The Labute approximate surface area is 142 Å². The average Bonchev–Trinajstić information content (AvgIpc) is 2.56. The minimum Gasteiger partial charge on any atom is -0.481 e. The van der Waals surface area contributed by atoms with Gasteiger partial charge < -0.3 is 20.6 Å². The molecule has 0 aliphatic carbocycles. The second kappa shape index (κ2) is 9.98. The lowest BCUT2D eigenvalue weighted by molar-refractivity contribution is -0.152. The first kappa shape index (κ1) is 19.1. The molecule has 1 unspecified atom stereocenters. The number of carboxylic acid groups (broad SMARTS) is 2. The van der Waals surface area contributed by atoms with E-state index < -0.39 is 24.5 Å². The number of carboxylic acids is 2. The van der Waals surface area contributed by atoms with E-state index in [0.29, 0.717) is 4.99 Å². The van der Waals surface area contributed by atoms with E-state index in [2.05, 4.69) is 15.3 Å². The zero-order valence-corrected chi connectivity index (χ0v) is 13.2. The van der Waals surface area contributed by atoms with E-state index >= 15 is 0 Å². The third-order valence-corrected chi connectivity index (χ3v) is 2.77. The van der Waals surface area contributed by atoms with Gasteiger partial charge in [-0.1, -0.05) is 24.4 Å². The van der Waals surface area contributed by atoms with Crippen LogP contribution in [0, 0.1) is 0 Å². The SMILES string of the molecule is O=C(O)CC(O)C(=O)O.S=C(Nc1ccccn1)c1ccccn1. The van der Waals surface area contributed by atoms with Crippen LogP contribution in [0.25, 0.3) is 0 Å². The Morgan fingerprint density at radius 3 is 2.12 bits per heavy atom. The van der Waals surface area contributed by atoms with Crippen LogP contribution in [0.2, 0.25) is 0 Å². The Hall–Kier alpha value is -2.91. The molecule has 0 amide bonds. The van der Waals surface area contributed by atoms with Crippen LogP contribution < -0.4 is 5.32 Å². The summed E-state index contributed by atoms with van der Waals surface area (Å²) in [6, 6.07) is 11.2. The number of hydrogen-bond donors (Lipinski definition) is 4. The maximum absolute atomic E-state index is 9.72. The van der Waals surface area contributed by atoms with Gasteiger partial charge in [0, 0.05) is 12.4 Å². The van der Waals surface area contributed by atoms with Crippen LogP contribution >= 0.6 is 12.2 Å². The number of nitrogens with one attached hydrogen (secondary N) is 1. The second-order valence-corrected chi connectivity index (χ2v) is 4.74. The van der Waals surface area contributed by atoms with Crippen LogP contribution in [-0.2, 0) is 9.59 Å². The molecule has 2 heterocycles. The molecule has 0 spiro atoms. The van der Waals surface area contributed by atoms with Gasteiger partial charge in [0.05, 0.1) is 12.1 Å². The largest absolute Gasteiger partial charge is 0.481 e. The minimum absolute atomic E-state index is 0.578. The van der Waals surface area contributed by atoms with Crippen molar-refractivity contribution in [3.63, 3.8) is 0 Å². The Morgan fingerprint density at radius 1 is 1.08 bits per heavy atom. The van der Waals surface area contributed by atoms with Gasteiger partial charge in [-0.15, -0.1) is 0 Å². The number of aliphatic hydroxyl groups excluding tert-OH is 1. The third-order valence-electron chi connectivity index (χ3n) is 2.46. The molecule has 0 radical (unpaired) electrons. The van der Waals surface area contributed by atoms with Crippen molar-refractivity contribution in [2.75, 3.05) is 5.32 Å². The second-order valence-electron chi connectivity index (χ2n) is 4.34. The van der Waals surface area contributed by atoms with E-state index in [1.807, 2.05) is 36.4 Å². The molecule has 0 fully saturated rings. The van der Waals surface area contributed by atoms with Gasteiger partial charge >= 0.3 is 11.9 Å². The fraction of sp³-hybridized carbons (Fsp3) is 0.133. The standard InChI is InChI=1S/C11H9N3S.C4H6O5/c15-11(9-5-1-3-7-12-9)14-10-6-2-4-8-13-10;5-2(4(8)9)1-3(6)7/h1-8H,(H,13,14,15);2,5H,1H2,(H,6,7)(H,8,9). The molecule has 0 aliphatic heterocycles. The fourth-order valence-corrected chi connectivity index (χ4v) is 1.59. The number of anilines is 1. The fourth-order valence-electron chi connectivity index (χ4n) is 1.37. The Balaban J connectivity index is 0.000000277. The molecule has 126 valence electrons. The number of nitrogens with zero attached hydrogens (tertiary/aromatic N) is 2. The molecular weight excluding hydrogens is 334 g/mol. The van der Waals surface area contributed by atoms with E-state index in [4.69, 9.17) is 27.5 Å². The summed E-state index contributed by atoms with van der Waals surface area (Å²) >= 11 is 5.19. The molecule has 0 aromatic carbocycles. The van der Waals surface area contributed by atoms with Gasteiger partial charge in [-0.3, -0.25) is 9.78 Å². The molecule has 0 bridgehead atoms. The van der Waals surface area contributed by atoms with Crippen molar-refractivity contribution in [2.24, 2.45) is 0 Å². The van der Waals surface area contributed by atoms with Crippen LogP contribution in [-0.4, -0.2) is 48.3 Å². The highest BCUT2D eigenvalue weighted by Gasteiger charge is 2.16. The molecule has 2 aromatic heterocycles. The molecule has 0 saturated carbocycles. The van der Waals surface area contributed by atoms with Crippen molar-refractivity contribution >= 4 is 35.0 Å². The molecule has 2 rings (SSSR count). The van der Waals surface area contributed by atoms with Crippen molar-refractivity contribution in [3.05, 3.63) is 54.5 Å². The van der Waals surface area contributed by atoms with Gasteiger partial charge in [0.25, 0.3) is 0 Å². The van der Waals surface area contributed by atoms with E-state index in [9.17, 15) is 9.59 Å². The molecule has 0 saturated heterocycles. The molecule has 2 aromatic rings. The molecule has 24 heavy (non-hydrogen) atoms. The summed E-state index contributed by atoms with van der Waals surface area (Å²) in [4.78, 5) is 28.3. The lowest BCUT2D eigenvalue weighted by Gasteiger charge is -2.05. The topological polar surface area (TPSA) is 133 Å². The maximum Gasteiger partial charge on any atom is 0.333 e. The van der Waals surface area contributed by atoms with Crippen molar-refractivity contribution in [2.45, 2.75) is 12.5 Å². The quantitative estimate of drug-likeness (QED) is 0.587. The first-order chi connectivity index (χ1) is 11.4. The Bertz CT molecular complexity index is 682. The third kappa shape index (κ3) is 7.38. The zero-order chi connectivity index (χ0) is 17.9. The highest BCUT2D eigenvalue weighted by Crippen LogP contribution is 2.04. The summed E-state index contributed by atoms with van der Waals surface area (Å²) in [5, 5.41) is 27.2. The van der Waals surface area contributed by atoms with E-state index in [1.165, 1.54) is 0 Å². The summed E-state index contributed by atoms with van der Waals surface area (Å²) in [6.45, 7) is 0. The molecule has 8 nitrogen and oxygen atoms in total. The van der Waals surface area contributed by atoms with Crippen molar-refractivity contribution < 1.29 is 24.9 Å². The average molecular weight is 349 g/mol. The van der Waals surface area contributed by atoms with Crippen LogP contribution in [0.5, 0.6) is 0 Å². The number of carbonyl (C=O) groups is 2. The number of aromatic nitrogens is 2. The van der Waals surface area contributed by atoms with Crippen molar-refractivity contribution in [1.82, 2.24) is 9.97 Å². The van der Waals surface area contributed by atoms with Gasteiger partial charge in [-0.25, -0.2) is 9.78 Å². The van der Waals surface area contributed by atoms with Crippen molar-refractivity contribution in [1.29, 1.82) is 0 Å². The number of aliphatic hydroxyl groups is 1. The smallest absolute Gasteiger partial charge is 0.333 e. The predicted molar refractivity (Wildman–Crippen MR) is 89.7 cm³/mol. The first-order valence-corrected chi connectivity index (χ1v) is 7.07. The van der Waals surface area contributed by atoms with Gasteiger partial charge in [-0.05, 0) is 24.3 Å². The predicted octanol–water partition coefficient (Wildman–Crippen LogP) is 1.17. The van der Waals surface area contributed by atoms with Crippen LogP contribution in [0.1, 0.15) is 12.1 Å². The zero-order valence-electron chi connectivity index (χ0n) is 12.4. The molecule has 0 aliphatic rings. The van der Waals surface area contributed by atoms with Crippen LogP contribution in [0.4, 0.5) is 5.82 Å². The maximum atomic E-state index is 9.72. The normalized spacial score (nSPS) is 10.7. The lowest BCUT2D eigenvalue weighted by Crippen LogP contribution is -2.22. The summed E-state index contributed by atoms with van der Waals surface area (Å²) in [6.07, 6.45) is 0.878. The summed E-state index contributed by atoms with van der Waals surface area (Å²) in [5.41, 5.74) is 0.748. The lowest BCUT2D eigenvalue weighted by atomic mass is 10.3. The van der Waals surface area contributed by atoms with Gasteiger partial charge in [0.15, 0.2) is 6.10 Å². The van der Waals surface area contributed by atoms with E-state index in [-0.39, 0.29) is 0 Å². The number of rotatable bonds is 5. The number of hydrogen-bond acceptors (Lipinski definition) is 6. The summed E-state index contributed by atoms with van der Waals surface area (Å²) in [7, 11) is 0. The molecule has 9 heteroatoms. The number of aliphatic carboxylic acids is 2.